The molecule has 1 unspecified atom stereocenters. The number of hydrogen-bond donors (Lipinski definition) is 0. The van der Waals surface area contributed by atoms with Gasteiger partial charge in [-0.15, -0.1) is 0 Å². The van der Waals surface area contributed by atoms with Gasteiger partial charge in [-0.25, -0.2) is 0 Å². The quantitative estimate of drug-likeness (QED) is 0.0262. The second kappa shape index (κ2) is 57.4. The maximum atomic E-state index is 12.9. The molecule has 0 amide bonds. The zero-order valence-electron chi connectivity index (χ0n) is 45.6. The van der Waals surface area contributed by atoms with Crippen LogP contribution in [0.2, 0.25) is 0 Å². The molecule has 0 aromatic carbocycles. The Hall–Kier alpha value is -3.15. The molecule has 0 bridgehead atoms. The Bertz CT molecular complexity index is 1290. The van der Waals surface area contributed by atoms with Crippen molar-refractivity contribution in [1.29, 1.82) is 0 Å². The minimum atomic E-state index is -0.786. The highest BCUT2D eigenvalue weighted by Crippen LogP contribution is 2.15. The molecule has 0 N–H and O–H groups in total. The molecule has 0 aliphatic carbocycles. The summed E-state index contributed by atoms with van der Waals surface area (Å²) >= 11 is 0. The van der Waals surface area contributed by atoms with Crippen molar-refractivity contribution in [3.63, 3.8) is 0 Å². The van der Waals surface area contributed by atoms with Crippen LogP contribution in [0, 0.1) is 0 Å². The van der Waals surface area contributed by atoms with Crippen LogP contribution in [0.5, 0.6) is 0 Å². The molecule has 0 rings (SSSR count). The summed E-state index contributed by atoms with van der Waals surface area (Å²) in [7, 11) is 0. The number of hydrogen-bond acceptors (Lipinski definition) is 6. The lowest BCUT2D eigenvalue weighted by Crippen LogP contribution is -2.30. The van der Waals surface area contributed by atoms with E-state index in [1.165, 1.54) is 161 Å². The van der Waals surface area contributed by atoms with E-state index < -0.39 is 6.10 Å². The molecule has 6 nitrogen and oxygen atoms in total. The van der Waals surface area contributed by atoms with Gasteiger partial charge in [-0.1, -0.05) is 235 Å². The first-order chi connectivity index (χ1) is 34.0. The van der Waals surface area contributed by atoms with Crippen LogP contribution in [0.15, 0.2) is 72.9 Å². The Morgan fingerprint density at radius 1 is 0.304 bits per heavy atom. The van der Waals surface area contributed by atoms with E-state index in [9.17, 15) is 14.4 Å². The maximum absolute atomic E-state index is 12.9. The van der Waals surface area contributed by atoms with Gasteiger partial charge in [0.1, 0.15) is 13.2 Å². The first kappa shape index (κ1) is 65.8. The summed E-state index contributed by atoms with van der Waals surface area (Å²) in [5.41, 5.74) is 0. The summed E-state index contributed by atoms with van der Waals surface area (Å²) < 4.78 is 16.9. The molecule has 0 aliphatic heterocycles. The van der Waals surface area contributed by atoms with Crippen molar-refractivity contribution in [2.45, 2.75) is 297 Å². The monoisotopic (exact) mass is 963 g/mol. The van der Waals surface area contributed by atoms with Crippen LogP contribution in [0.25, 0.3) is 0 Å². The second-order valence-corrected chi connectivity index (χ2v) is 19.5. The Balaban J connectivity index is 4.41. The second-order valence-electron chi connectivity index (χ2n) is 19.5. The molecule has 0 saturated carbocycles. The summed E-state index contributed by atoms with van der Waals surface area (Å²) in [6.45, 7) is 6.51. The van der Waals surface area contributed by atoms with E-state index in [0.717, 1.165) is 89.9 Å². The van der Waals surface area contributed by atoms with E-state index >= 15 is 0 Å². The average Bonchev–Trinajstić information content (AvgIpc) is 3.35. The fourth-order valence-corrected chi connectivity index (χ4v) is 8.25. The van der Waals surface area contributed by atoms with Crippen molar-refractivity contribution in [2.24, 2.45) is 0 Å². The van der Waals surface area contributed by atoms with Crippen molar-refractivity contribution in [1.82, 2.24) is 0 Å². The lowest BCUT2D eigenvalue weighted by molar-refractivity contribution is -0.167. The normalized spacial score (nSPS) is 12.6. The lowest BCUT2D eigenvalue weighted by atomic mass is 10.1. The van der Waals surface area contributed by atoms with Crippen molar-refractivity contribution in [3.8, 4) is 0 Å². The summed E-state index contributed by atoms with van der Waals surface area (Å²) in [5.74, 6) is -0.896. The summed E-state index contributed by atoms with van der Waals surface area (Å²) in [6.07, 6.45) is 73.1. The third kappa shape index (κ3) is 55.6. The molecule has 398 valence electrons. The van der Waals surface area contributed by atoms with Gasteiger partial charge in [0.15, 0.2) is 6.10 Å². The van der Waals surface area contributed by atoms with Gasteiger partial charge in [-0.3, -0.25) is 14.4 Å². The van der Waals surface area contributed by atoms with Crippen LogP contribution >= 0.6 is 0 Å². The summed E-state index contributed by atoms with van der Waals surface area (Å²) in [5, 5.41) is 0. The lowest BCUT2D eigenvalue weighted by Gasteiger charge is -2.18. The Kier molecular flexibility index (Phi) is 54.8. The number of ether oxygens (including phenoxy) is 3. The van der Waals surface area contributed by atoms with Crippen LogP contribution in [0.4, 0.5) is 0 Å². The van der Waals surface area contributed by atoms with E-state index in [1.54, 1.807) is 0 Å². The van der Waals surface area contributed by atoms with Gasteiger partial charge in [0, 0.05) is 19.3 Å². The fourth-order valence-electron chi connectivity index (χ4n) is 8.25. The van der Waals surface area contributed by atoms with E-state index in [0.29, 0.717) is 19.3 Å². The molecule has 0 heterocycles. The molecule has 0 spiro atoms. The smallest absolute Gasteiger partial charge is 0.306 e. The van der Waals surface area contributed by atoms with Gasteiger partial charge in [-0.05, 0) is 109 Å². The molecular formula is C63H110O6. The molecule has 1 atom stereocenters. The van der Waals surface area contributed by atoms with Crippen LogP contribution in [0.1, 0.15) is 290 Å². The van der Waals surface area contributed by atoms with Crippen molar-refractivity contribution in [2.75, 3.05) is 13.2 Å². The topological polar surface area (TPSA) is 78.9 Å². The summed E-state index contributed by atoms with van der Waals surface area (Å²) in [4.78, 5) is 38.2. The SMILES string of the molecule is CC/C=C\C/C=C\C/C=C\C/C=C\CCCCCCCCC(=O)OCC(COC(=O)CCCCCCCCC/C=C\CCCCCC)OC(=O)CCCCCCCCC/C=C\CCCCCCCC. The van der Waals surface area contributed by atoms with Crippen molar-refractivity contribution < 1.29 is 28.6 Å². The molecule has 0 saturated heterocycles. The highest BCUT2D eigenvalue weighted by atomic mass is 16.6. The largest absolute Gasteiger partial charge is 0.462 e. The van der Waals surface area contributed by atoms with Gasteiger partial charge in [0.2, 0.25) is 0 Å². The Morgan fingerprint density at radius 2 is 0.565 bits per heavy atom. The van der Waals surface area contributed by atoms with Crippen LogP contribution < -0.4 is 0 Å². The summed E-state index contributed by atoms with van der Waals surface area (Å²) in [6, 6.07) is 0. The number of unbranched alkanes of at least 4 members (excludes halogenated alkanes) is 30. The molecule has 0 aromatic rings. The first-order valence-electron chi connectivity index (χ1n) is 29.4. The van der Waals surface area contributed by atoms with Crippen molar-refractivity contribution in [3.05, 3.63) is 72.9 Å². The number of allylic oxidation sites excluding steroid dienone is 12. The first-order valence-corrected chi connectivity index (χ1v) is 29.4. The maximum Gasteiger partial charge on any atom is 0.306 e. The van der Waals surface area contributed by atoms with Gasteiger partial charge >= 0.3 is 17.9 Å². The molecule has 0 aliphatic rings. The molecular weight excluding hydrogens is 853 g/mol. The van der Waals surface area contributed by atoms with Crippen LogP contribution in [0.3, 0.4) is 0 Å². The van der Waals surface area contributed by atoms with E-state index in [2.05, 4.69) is 93.7 Å². The Labute approximate surface area is 427 Å². The van der Waals surface area contributed by atoms with Gasteiger partial charge < -0.3 is 14.2 Å². The fraction of sp³-hybridized carbons (Fsp3) is 0.762. The van der Waals surface area contributed by atoms with E-state index in [-0.39, 0.29) is 31.1 Å². The standard InChI is InChI=1S/C63H110O6/c1-4-7-10-13-16-19-22-25-28-30-31-33-35-38-41-44-47-50-53-56-62(65)68-59-60(58-67-61(64)55-52-49-46-43-40-37-34-27-24-21-18-15-12-9-6-3)69-63(66)57-54-51-48-45-42-39-36-32-29-26-23-20-17-14-11-8-5-2/h7,10,16,19,21,24-26,28-29,31,33,60H,4-6,8-9,11-15,17-18,20,22-23,27,30,32,34-59H2,1-3H3/b10-7-,19-16-,24-21-,28-25-,29-26-,33-31-. The number of carbonyl (C=O) groups excluding carboxylic acids is 3. The van der Waals surface area contributed by atoms with Gasteiger partial charge in [0.05, 0.1) is 0 Å². The Morgan fingerprint density at radius 3 is 0.913 bits per heavy atom. The van der Waals surface area contributed by atoms with Gasteiger partial charge in [0.25, 0.3) is 0 Å². The molecule has 6 heteroatoms. The van der Waals surface area contributed by atoms with E-state index in [4.69, 9.17) is 14.2 Å². The van der Waals surface area contributed by atoms with Crippen LogP contribution in [-0.4, -0.2) is 37.2 Å². The van der Waals surface area contributed by atoms with E-state index in [1.807, 2.05) is 0 Å². The third-order valence-electron chi connectivity index (χ3n) is 12.7. The minimum Gasteiger partial charge on any atom is -0.462 e. The highest BCUT2D eigenvalue weighted by Gasteiger charge is 2.19. The molecule has 0 aromatic heterocycles. The number of carbonyl (C=O) groups is 3. The minimum absolute atomic E-state index is 0.0831. The average molecular weight is 964 g/mol. The predicted octanol–water partition coefficient (Wildman–Crippen LogP) is 19.8. The molecule has 0 radical (unpaired) electrons. The zero-order chi connectivity index (χ0) is 50.0. The third-order valence-corrected chi connectivity index (χ3v) is 12.7. The molecule has 0 fully saturated rings. The molecule has 69 heavy (non-hydrogen) atoms. The number of esters is 3. The highest BCUT2D eigenvalue weighted by molar-refractivity contribution is 5.71. The predicted molar refractivity (Wildman–Crippen MR) is 298 cm³/mol. The van der Waals surface area contributed by atoms with Gasteiger partial charge in [-0.2, -0.15) is 0 Å². The van der Waals surface area contributed by atoms with Crippen molar-refractivity contribution >= 4 is 17.9 Å². The number of rotatable bonds is 53. The zero-order valence-corrected chi connectivity index (χ0v) is 45.6. The van der Waals surface area contributed by atoms with Crippen LogP contribution in [-0.2, 0) is 28.6 Å².